The van der Waals surface area contributed by atoms with Crippen molar-refractivity contribution in [1.29, 1.82) is 0 Å². The number of nitrogens with one attached hydrogen (secondary N) is 4. The molecule has 224 valence electrons. The minimum atomic E-state index is -1.43. The summed E-state index contributed by atoms with van der Waals surface area (Å²) in [6, 6.07) is -4.68. The Morgan fingerprint density at radius 2 is 1.55 bits per heavy atom. The van der Waals surface area contributed by atoms with E-state index >= 15 is 0 Å². The lowest BCUT2D eigenvalue weighted by molar-refractivity contribution is -0.142. The number of aromatic amines is 1. The summed E-state index contributed by atoms with van der Waals surface area (Å²) in [5, 5.41) is 17.0. The van der Waals surface area contributed by atoms with Gasteiger partial charge in [0.1, 0.15) is 18.1 Å². The highest BCUT2D eigenvalue weighted by atomic mass is 16.4. The number of aromatic nitrogens is 2. The third-order valence-electron chi connectivity index (χ3n) is 5.79. The van der Waals surface area contributed by atoms with E-state index in [1.54, 1.807) is 0 Å². The number of amides is 4. The van der Waals surface area contributed by atoms with E-state index in [1.807, 2.05) is 0 Å². The predicted octanol–water partition coefficient (Wildman–Crippen LogP) is -3.73. The Labute approximate surface area is 231 Å². The number of primary amides is 1. The van der Waals surface area contributed by atoms with Crippen molar-refractivity contribution >= 4 is 35.6 Å². The standard InChI is InChI=1S/C23H41N11O6/c24-8-2-1-4-14(25)19(36)34-17(10-13-11-29-12-31-13)21(38)32-15(5-3-9-30-23(27)28)20(37)33-16(22(39)40)6-7-18(26)35/h11-12,14-17H,1-10,24-25H2,(H2,26,35)(H,29,31)(H,32,38)(H,33,37)(H,34,36)(H,39,40)(H4,27,28,30). The van der Waals surface area contributed by atoms with Crippen LogP contribution in [0.2, 0.25) is 0 Å². The molecule has 0 bridgehead atoms. The number of carbonyl (C=O) groups is 5. The van der Waals surface area contributed by atoms with Crippen LogP contribution >= 0.6 is 0 Å². The van der Waals surface area contributed by atoms with Crippen molar-refractivity contribution in [2.24, 2.45) is 33.7 Å². The summed E-state index contributed by atoms with van der Waals surface area (Å²) in [7, 11) is 0. The number of rotatable bonds is 20. The summed E-state index contributed by atoms with van der Waals surface area (Å²) in [6.07, 6.45) is 4.32. The molecule has 4 atom stereocenters. The number of unbranched alkanes of at least 4 members (excludes halogenated alkanes) is 1. The molecule has 0 saturated carbocycles. The maximum Gasteiger partial charge on any atom is 0.326 e. The van der Waals surface area contributed by atoms with Gasteiger partial charge < -0.3 is 54.7 Å². The molecule has 17 heteroatoms. The second kappa shape index (κ2) is 18.1. The highest BCUT2D eigenvalue weighted by Crippen LogP contribution is 2.07. The van der Waals surface area contributed by atoms with E-state index in [0.29, 0.717) is 31.5 Å². The first kappa shape index (κ1) is 33.8. The molecule has 0 spiro atoms. The molecule has 0 fully saturated rings. The van der Waals surface area contributed by atoms with Gasteiger partial charge in [0, 0.05) is 31.3 Å². The van der Waals surface area contributed by atoms with Gasteiger partial charge in [0.15, 0.2) is 5.96 Å². The minimum Gasteiger partial charge on any atom is -0.480 e. The van der Waals surface area contributed by atoms with Gasteiger partial charge in [-0.25, -0.2) is 9.78 Å². The molecule has 0 radical (unpaired) electrons. The van der Waals surface area contributed by atoms with Gasteiger partial charge in [-0.3, -0.25) is 24.2 Å². The van der Waals surface area contributed by atoms with Crippen molar-refractivity contribution in [1.82, 2.24) is 25.9 Å². The van der Waals surface area contributed by atoms with Gasteiger partial charge in [0.25, 0.3) is 0 Å². The van der Waals surface area contributed by atoms with Gasteiger partial charge in [-0.05, 0) is 38.6 Å². The van der Waals surface area contributed by atoms with E-state index in [9.17, 15) is 29.1 Å². The number of aliphatic imine (C=N–C) groups is 1. The zero-order valence-electron chi connectivity index (χ0n) is 22.3. The van der Waals surface area contributed by atoms with Crippen molar-refractivity contribution in [2.75, 3.05) is 13.1 Å². The molecule has 0 aromatic carbocycles. The Morgan fingerprint density at radius 1 is 0.900 bits per heavy atom. The molecule has 17 nitrogen and oxygen atoms in total. The number of imidazole rings is 1. The Kier molecular flexibility index (Phi) is 15.3. The lowest BCUT2D eigenvalue weighted by atomic mass is 10.0. The molecule has 0 saturated heterocycles. The Morgan fingerprint density at radius 3 is 2.12 bits per heavy atom. The van der Waals surface area contributed by atoms with E-state index in [1.165, 1.54) is 12.5 Å². The highest BCUT2D eigenvalue weighted by molar-refractivity contribution is 5.94. The van der Waals surface area contributed by atoms with Gasteiger partial charge in [-0.1, -0.05) is 6.42 Å². The Bertz CT molecular complexity index is 997. The van der Waals surface area contributed by atoms with Crippen molar-refractivity contribution in [3.63, 3.8) is 0 Å². The van der Waals surface area contributed by atoms with Gasteiger partial charge in [-0.2, -0.15) is 0 Å². The van der Waals surface area contributed by atoms with Gasteiger partial charge in [0.05, 0.1) is 12.4 Å². The van der Waals surface area contributed by atoms with Crippen molar-refractivity contribution in [3.8, 4) is 0 Å². The number of aliphatic carboxylic acids is 1. The lowest BCUT2D eigenvalue weighted by Gasteiger charge is -2.25. The second-order valence-corrected chi connectivity index (χ2v) is 9.15. The summed E-state index contributed by atoms with van der Waals surface area (Å²) in [6.45, 7) is 0.592. The molecule has 40 heavy (non-hydrogen) atoms. The summed E-state index contributed by atoms with van der Waals surface area (Å²) >= 11 is 0. The third kappa shape index (κ3) is 13.5. The van der Waals surface area contributed by atoms with E-state index in [-0.39, 0.29) is 44.6 Å². The second-order valence-electron chi connectivity index (χ2n) is 9.15. The van der Waals surface area contributed by atoms with Crippen LogP contribution in [0.4, 0.5) is 0 Å². The first-order chi connectivity index (χ1) is 18.9. The van der Waals surface area contributed by atoms with Crippen molar-refractivity contribution in [2.45, 2.75) is 75.5 Å². The van der Waals surface area contributed by atoms with Crippen LogP contribution in [0.25, 0.3) is 0 Å². The molecule has 1 heterocycles. The maximum atomic E-state index is 13.3. The number of H-pyrrole nitrogens is 1. The summed E-state index contributed by atoms with van der Waals surface area (Å²) < 4.78 is 0. The molecule has 4 amide bonds. The SMILES string of the molecule is NCCCCC(N)C(=O)NC(Cc1cnc[nH]1)C(=O)NC(CCCN=C(N)N)C(=O)NC(CCC(N)=O)C(=O)O. The lowest BCUT2D eigenvalue weighted by Crippen LogP contribution is -2.57. The number of nitrogens with zero attached hydrogens (tertiary/aromatic N) is 2. The fourth-order valence-electron chi connectivity index (χ4n) is 3.60. The number of guanidine groups is 1. The van der Waals surface area contributed by atoms with E-state index in [2.05, 4.69) is 30.9 Å². The number of carboxylic acids is 1. The molecule has 15 N–H and O–H groups in total. The maximum absolute atomic E-state index is 13.3. The largest absolute Gasteiger partial charge is 0.480 e. The summed E-state index contributed by atoms with van der Waals surface area (Å²) in [5.74, 6) is -4.38. The fourth-order valence-corrected chi connectivity index (χ4v) is 3.60. The first-order valence-corrected chi connectivity index (χ1v) is 12.8. The van der Waals surface area contributed by atoms with E-state index in [4.69, 9.17) is 28.7 Å². The highest BCUT2D eigenvalue weighted by Gasteiger charge is 2.30. The topological polar surface area (TPSA) is 313 Å². The number of carboxylic acid groups (broad SMARTS) is 1. The molecular formula is C23H41N11O6. The fraction of sp³-hybridized carbons (Fsp3) is 0.609. The Hall–Kier alpha value is -4.25. The quantitative estimate of drug-likeness (QED) is 0.0414. The van der Waals surface area contributed by atoms with Crippen molar-refractivity contribution in [3.05, 3.63) is 18.2 Å². The zero-order valence-corrected chi connectivity index (χ0v) is 22.3. The van der Waals surface area contributed by atoms with Gasteiger partial charge in [0.2, 0.25) is 23.6 Å². The number of nitrogens with two attached hydrogens (primary N) is 5. The average molecular weight is 568 g/mol. The van der Waals surface area contributed by atoms with Crippen molar-refractivity contribution < 1.29 is 29.1 Å². The number of carbonyl (C=O) groups excluding carboxylic acids is 4. The molecule has 0 aliphatic carbocycles. The van der Waals surface area contributed by atoms with Gasteiger partial charge >= 0.3 is 5.97 Å². The third-order valence-corrected chi connectivity index (χ3v) is 5.79. The number of hydrogen-bond donors (Lipinski definition) is 10. The molecule has 1 rings (SSSR count). The Balaban J connectivity index is 3.08. The smallest absolute Gasteiger partial charge is 0.326 e. The minimum absolute atomic E-state index is 0.00575. The summed E-state index contributed by atoms with van der Waals surface area (Å²) in [5.41, 5.74) is 27.7. The van der Waals surface area contributed by atoms with Crippen LogP contribution in [0.3, 0.4) is 0 Å². The van der Waals surface area contributed by atoms with Crippen LogP contribution in [0.1, 0.15) is 50.6 Å². The number of hydrogen-bond acceptors (Lipinski definition) is 9. The first-order valence-electron chi connectivity index (χ1n) is 12.8. The van der Waals surface area contributed by atoms with Crippen LogP contribution in [-0.4, -0.2) is 87.9 Å². The van der Waals surface area contributed by atoms with Crippen LogP contribution < -0.4 is 44.6 Å². The zero-order chi connectivity index (χ0) is 30.1. The van der Waals surface area contributed by atoms with E-state index < -0.39 is 53.8 Å². The van der Waals surface area contributed by atoms with Crippen LogP contribution in [-0.2, 0) is 30.4 Å². The molecule has 1 aromatic rings. The average Bonchev–Trinajstić information content (AvgIpc) is 3.40. The molecule has 0 aliphatic rings. The monoisotopic (exact) mass is 567 g/mol. The molecular weight excluding hydrogens is 526 g/mol. The van der Waals surface area contributed by atoms with Crippen LogP contribution in [0.15, 0.2) is 17.5 Å². The van der Waals surface area contributed by atoms with E-state index in [0.717, 1.165) is 0 Å². The summed E-state index contributed by atoms with van der Waals surface area (Å²) in [4.78, 5) is 72.4. The molecule has 0 aliphatic heterocycles. The predicted molar refractivity (Wildman–Crippen MR) is 145 cm³/mol. The van der Waals surface area contributed by atoms with Crippen LogP contribution in [0.5, 0.6) is 0 Å². The molecule has 4 unspecified atom stereocenters. The molecule has 1 aromatic heterocycles. The van der Waals surface area contributed by atoms with Gasteiger partial charge in [-0.15, -0.1) is 0 Å². The van der Waals surface area contributed by atoms with Crippen LogP contribution in [0, 0.1) is 0 Å². The normalized spacial score (nSPS) is 13.8.